The second-order valence-corrected chi connectivity index (χ2v) is 11.4. The molecule has 6 nitrogen and oxygen atoms in total. The van der Waals surface area contributed by atoms with Gasteiger partial charge in [-0.1, -0.05) is 45.4 Å². The summed E-state index contributed by atoms with van der Waals surface area (Å²) >= 11 is 0. The third-order valence-electron chi connectivity index (χ3n) is 8.59. The predicted octanol–water partition coefficient (Wildman–Crippen LogP) is 8.25. The van der Waals surface area contributed by atoms with E-state index >= 15 is 0 Å². The molecule has 2 aromatic carbocycles. The fraction of sp³-hybridized carbons (Fsp3) is 0.531. The zero-order chi connectivity index (χ0) is 30.6. The summed E-state index contributed by atoms with van der Waals surface area (Å²) in [5, 5.41) is 3.74. The number of hydrogen-bond donors (Lipinski definition) is 1. The fourth-order valence-electron chi connectivity index (χ4n) is 5.40. The van der Waals surface area contributed by atoms with Crippen LogP contribution in [0.25, 0.3) is 4.85 Å². The molecule has 1 saturated heterocycles. The number of nitrogens with zero attached hydrogens (tertiary/aromatic N) is 2. The molecule has 0 spiro atoms. The molecular formula is C32H40F3N3O3. The van der Waals surface area contributed by atoms with Crippen molar-refractivity contribution in [3.05, 3.63) is 65.0 Å². The summed E-state index contributed by atoms with van der Waals surface area (Å²) < 4.78 is 46.9. The maximum Gasteiger partial charge on any atom is 0.407 e. The van der Waals surface area contributed by atoms with E-state index in [0.717, 1.165) is 42.2 Å². The van der Waals surface area contributed by atoms with Crippen molar-refractivity contribution in [2.24, 2.45) is 10.8 Å². The molecular weight excluding hydrogens is 531 g/mol. The molecule has 41 heavy (non-hydrogen) atoms. The Balaban J connectivity index is 1.81. The fourth-order valence-corrected chi connectivity index (χ4v) is 5.40. The van der Waals surface area contributed by atoms with Crippen LogP contribution in [-0.4, -0.2) is 24.5 Å². The van der Waals surface area contributed by atoms with E-state index in [1.165, 1.54) is 6.07 Å². The molecule has 1 aliphatic rings. The van der Waals surface area contributed by atoms with Gasteiger partial charge >= 0.3 is 6.18 Å². The summed E-state index contributed by atoms with van der Waals surface area (Å²) in [4.78, 5) is 30.9. The number of amides is 2. The van der Waals surface area contributed by atoms with Crippen molar-refractivity contribution in [1.29, 1.82) is 0 Å². The van der Waals surface area contributed by atoms with Gasteiger partial charge in [-0.25, -0.2) is 9.74 Å². The number of hydrogen-bond acceptors (Lipinski definition) is 4. The summed E-state index contributed by atoms with van der Waals surface area (Å²) in [6.07, 6.45) is -0.553. The van der Waals surface area contributed by atoms with Crippen LogP contribution in [0.5, 0.6) is 5.75 Å². The van der Waals surface area contributed by atoms with Gasteiger partial charge in [-0.05, 0) is 76.3 Å². The largest absolute Gasteiger partial charge is 0.494 e. The first-order valence-corrected chi connectivity index (χ1v) is 14.2. The second-order valence-electron chi connectivity index (χ2n) is 11.4. The number of alkyl halides is 3. The lowest BCUT2D eigenvalue weighted by molar-refractivity contribution is -0.137. The van der Waals surface area contributed by atoms with Crippen LogP contribution in [0, 0.1) is 17.4 Å². The number of carbonyl (C=O) groups is 2. The lowest BCUT2D eigenvalue weighted by Gasteiger charge is -2.32. The number of rotatable bonds is 12. The predicted molar refractivity (Wildman–Crippen MR) is 154 cm³/mol. The van der Waals surface area contributed by atoms with E-state index in [1.54, 1.807) is 20.8 Å². The van der Waals surface area contributed by atoms with Crippen molar-refractivity contribution < 1.29 is 27.5 Å². The van der Waals surface area contributed by atoms with Gasteiger partial charge in [0.15, 0.2) is 5.69 Å². The van der Waals surface area contributed by atoms with Crippen LogP contribution in [0.1, 0.15) is 90.8 Å². The molecule has 1 fully saturated rings. The quantitative estimate of drug-likeness (QED) is 0.206. The molecule has 1 heterocycles. The van der Waals surface area contributed by atoms with Gasteiger partial charge in [0.25, 0.3) is 0 Å². The molecule has 9 heteroatoms. The van der Waals surface area contributed by atoms with Gasteiger partial charge in [0, 0.05) is 17.8 Å². The van der Waals surface area contributed by atoms with Crippen LogP contribution in [-0.2, 0) is 15.8 Å². The Bertz CT molecular complexity index is 1300. The monoisotopic (exact) mass is 571 g/mol. The number of carbonyl (C=O) groups excluding carboxylic acids is 2. The Kier molecular flexibility index (Phi) is 9.91. The molecule has 2 amide bonds. The van der Waals surface area contributed by atoms with Crippen molar-refractivity contribution in [3.63, 3.8) is 0 Å². The molecule has 0 radical (unpaired) electrons. The smallest absolute Gasteiger partial charge is 0.407 e. The average Bonchev–Trinajstić information content (AvgIpc) is 3.06. The second kappa shape index (κ2) is 12.6. The van der Waals surface area contributed by atoms with E-state index in [0.29, 0.717) is 17.9 Å². The van der Waals surface area contributed by atoms with E-state index in [9.17, 15) is 22.8 Å². The van der Waals surface area contributed by atoms with Gasteiger partial charge in [-0.3, -0.25) is 9.59 Å². The van der Waals surface area contributed by atoms with Gasteiger partial charge in [0.05, 0.1) is 29.6 Å². The van der Waals surface area contributed by atoms with Crippen molar-refractivity contribution in [1.82, 2.24) is 5.32 Å². The highest BCUT2D eigenvalue weighted by Gasteiger charge is 2.62. The number of benzene rings is 2. The van der Waals surface area contributed by atoms with Crippen molar-refractivity contribution in [3.8, 4) is 5.75 Å². The summed E-state index contributed by atoms with van der Waals surface area (Å²) in [6, 6.07) is 11.4. The van der Waals surface area contributed by atoms with E-state index in [4.69, 9.17) is 11.3 Å². The maximum atomic E-state index is 13.7. The topological polar surface area (TPSA) is 63.0 Å². The summed E-state index contributed by atoms with van der Waals surface area (Å²) in [7, 11) is 0. The Morgan fingerprint density at radius 3 is 2.29 bits per heavy atom. The van der Waals surface area contributed by atoms with E-state index in [-0.39, 0.29) is 24.8 Å². The Morgan fingerprint density at radius 2 is 1.71 bits per heavy atom. The van der Waals surface area contributed by atoms with Gasteiger partial charge in [-0.2, -0.15) is 13.2 Å². The Labute approximate surface area is 241 Å². The van der Waals surface area contributed by atoms with Crippen LogP contribution < -0.4 is 15.0 Å². The zero-order valence-corrected chi connectivity index (χ0v) is 24.7. The normalized spacial score (nSPS) is 19.5. The Morgan fingerprint density at radius 1 is 1.02 bits per heavy atom. The van der Waals surface area contributed by atoms with E-state index in [1.807, 2.05) is 18.2 Å². The van der Waals surface area contributed by atoms with Gasteiger partial charge < -0.3 is 10.1 Å². The first kappa shape index (κ1) is 32.1. The molecule has 0 aliphatic carbocycles. The molecule has 3 rings (SSSR count). The number of anilines is 1. The van der Waals surface area contributed by atoms with Gasteiger partial charge in [-0.15, -0.1) is 0 Å². The summed E-state index contributed by atoms with van der Waals surface area (Å²) in [5.41, 5.74) is -3.27. The molecule has 0 saturated carbocycles. The van der Waals surface area contributed by atoms with E-state index < -0.39 is 40.1 Å². The maximum absolute atomic E-state index is 13.7. The van der Waals surface area contributed by atoms with Crippen molar-refractivity contribution >= 4 is 23.2 Å². The number of nitrogens with one attached hydrogen (secondary N) is 1. The number of ether oxygens (including phenoxy) is 1. The minimum absolute atomic E-state index is 0.138. The zero-order valence-electron chi connectivity index (χ0n) is 24.7. The molecule has 222 valence electrons. The van der Waals surface area contributed by atoms with Crippen LogP contribution >= 0.6 is 0 Å². The average molecular weight is 572 g/mol. The number of halogens is 3. The minimum Gasteiger partial charge on any atom is -0.494 e. The molecule has 2 unspecified atom stereocenters. The molecule has 1 N–H and O–H groups in total. The SMILES string of the molecule is [C-]#[N+]c1ccc(N2C(=O)C(C)(C)C(C)(CCOc3cccc(C(CCC)NC(CC)CC)c3)C2=O)cc1C(F)(F)F. The molecule has 0 aromatic heterocycles. The molecule has 2 aromatic rings. The highest BCUT2D eigenvalue weighted by molar-refractivity contribution is 6.25. The molecule has 1 aliphatic heterocycles. The standard InChI is InChI=1S/C32H40F3N3O3/c1-8-12-26(37-22(9-2)10-3)21-13-11-14-24(19-21)41-18-17-31(6)29(40)38(28(39)30(31,4)5)23-15-16-27(36-7)25(20-23)32(33,34)35/h11,13-16,19-20,22,26,37H,8-10,12,17-18H2,1-6H3. The van der Waals surface area contributed by atoms with Crippen LogP contribution in [0.3, 0.4) is 0 Å². The third-order valence-corrected chi connectivity index (χ3v) is 8.59. The first-order chi connectivity index (χ1) is 19.2. The van der Waals surface area contributed by atoms with Crippen molar-refractivity contribution in [2.45, 2.75) is 91.9 Å². The molecule has 2 atom stereocenters. The Hall–Kier alpha value is -3.38. The van der Waals surface area contributed by atoms with Crippen molar-refractivity contribution in [2.75, 3.05) is 11.5 Å². The highest BCUT2D eigenvalue weighted by Crippen LogP contribution is 2.52. The van der Waals surface area contributed by atoms with Crippen LogP contribution in [0.15, 0.2) is 42.5 Å². The van der Waals surface area contributed by atoms with Gasteiger partial charge in [0.1, 0.15) is 5.75 Å². The minimum atomic E-state index is -4.80. The first-order valence-electron chi connectivity index (χ1n) is 14.2. The summed E-state index contributed by atoms with van der Waals surface area (Å²) in [5.74, 6) is -0.536. The lowest BCUT2D eigenvalue weighted by Crippen LogP contribution is -2.39. The lowest BCUT2D eigenvalue weighted by atomic mass is 9.67. The van der Waals surface area contributed by atoms with Gasteiger partial charge in [0.2, 0.25) is 11.8 Å². The van der Waals surface area contributed by atoms with Crippen LogP contribution in [0.2, 0.25) is 0 Å². The summed E-state index contributed by atoms with van der Waals surface area (Å²) in [6.45, 7) is 18.6. The number of imide groups is 1. The highest BCUT2D eigenvalue weighted by atomic mass is 19.4. The molecule has 0 bridgehead atoms. The van der Waals surface area contributed by atoms with E-state index in [2.05, 4.69) is 37.0 Å². The van der Waals surface area contributed by atoms with Crippen LogP contribution in [0.4, 0.5) is 24.5 Å². The third kappa shape index (κ3) is 6.43.